The van der Waals surface area contributed by atoms with Gasteiger partial charge in [0, 0.05) is 10.4 Å². The highest BCUT2D eigenvalue weighted by Gasteiger charge is 2.33. The van der Waals surface area contributed by atoms with E-state index in [0.717, 1.165) is 4.88 Å². The Morgan fingerprint density at radius 1 is 1.23 bits per heavy atom. The lowest BCUT2D eigenvalue weighted by Gasteiger charge is -2.23. The predicted octanol–water partition coefficient (Wildman–Crippen LogP) is 5.35. The first-order valence-electron chi connectivity index (χ1n) is 12.3. The van der Waals surface area contributed by atoms with Gasteiger partial charge in [-0.05, 0) is 71.1 Å². The maximum absolute atomic E-state index is 14.1. The number of carbonyl (C=O) groups excluding carboxylic acids is 1. The molecule has 0 saturated heterocycles. The Morgan fingerprint density at radius 3 is 2.73 bits per heavy atom. The number of carbonyl (C=O) groups is 1. The van der Waals surface area contributed by atoms with Crippen LogP contribution in [-0.4, -0.2) is 24.3 Å². The molecule has 1 aliphatic heterocycles. The zero-order valence-corrected chi connectivity index (χ0v) is 25.0. The maximum Gasteiger partial charge on any atom is 0.338 e. The van der Waals surface area contributed by atoms with Gasteiger partial charge < -0.3 is 14.2 Å². The first kappa shape index (κ1) is 28.0. The number of hydrogen-bond donors (Lipinski definition) is 0. The molecule has 206 valence electrons. The van der Waals surface area contributed by atoms with E-state index in [0.29, 0.717) is 47.7 Å². The van der Waals surface area contributed by atoms with E-state index in [1.807, 2.05) is 17.5 Å². The number of aromatic nitrogens is 1. The van der Waals surface area contributed by atoms with E-state index in [1.165, 1.54) is 35.8 Å². The summed E-state index contributed by atoms with van der Waals surface area (Å²) in [7, 11) is 1.51. The lowest BCUT2D eigenvalue weighted by Crippen LogP contribution is -2.39. The monoisotopic (exact) mass is 642 g/mol. The van der Waals surface area contributed by atoms with Gasteiger partial charge in [0.15, 0.2) is 16.3 Å². The maximum atomic E-state index is 14.1. The SMILES string of the molecule is CCOC(=O)C1=C(C)N=c2sc(=Cc3cc(Br)c(OCc4ccccc4F)c(OC)c3)c(=O)n2[C@H]1c1cccs1. The summed E-state index contributed by atoms with van der Waals surface area (Å²) in [4.78, 5) is 32.6. The minimum Gasteiger partial charge on any atom is -0.493 e. The van der Waals surface area contributed by atoms with Crippen molar-refractivity contribution in [2.45, 2.75) is 26.5 Å². The predicted molar refractivity (Wildman–Crippen MR) is 156 cm³/mol. The fourth-order valence-corrected chi connectivity index (χ4v) is 6.83. The third-order valence-corrected chi connectivity index (χ3v) is 8.71. The van der Waals surface area contributed by atoms with Crippen LogP contribution in [0.2, 0.25) is 0 Å². The van der Waals surface area contributed by atoms with Crippen LogP contribution in [-0.2, 0) is 16.1 Å². The van der Waals surface area contributed by atoms with Gasteiger partial charge in [-0.25, -0.2) is 14.2 Å². The van der Waals surface area contributed by atoms with Gasteiger partial charge in [-0.1, -0.05) is 35.6 Å². The van der Waals surface area contributed by atoms with Crippen LogP contribution in [0, 0.1) is 5.82 Å². The number of thiazole rings is 1. The molecule has 0 fully saturated rings. The molecule has 0 N–H and O–H groups in total. The van der Waals surface area contributed by atoms with E-state index in [4.69, 9.17) is 14.2 Å². The third kappa shape index (κ3) is 5.41. The lowest BCUT2D eigenvalue weighted by atomic mass is 10.0. The number of methoxy groups -OCH3 is 1. The molecule has 0 aliphatic carbocycles. The van der Waals surface area contributed by atoms with E-state index in [2.05, 4.69) is 20.9 Å². The molecule has 1 atom stereocenters. The van der Waals surface area contributed by atoms with Gasteiger partial charge in [0.1, 0.15) is 18.5 Å². The van der Waals surface area contributed by atoms with E-state index in [-0.39, 0.29) is 24.6 Å². The molecule has 1 aliphatic rings. The minimum atomic E-state index is -0.632. The van der Waals surface area contributed by atoms with Crippen molar-refractivity contribution in [2.75, 3.05) is 13.7 Å². The number of halogens is 2. The summed E-state index contributed by atoms with van der Waals surface area (Å²) < 4.78 is 33.4. The van der Waals surface area contributed by atoms with Crippen LogP contribution >= 0.6 is 38.6 Å². The van der Waals surface area contributed by atoms with Crippen molar-refractivity contribution >= 4 is 50.6 Å². The molecule has 7 nitrogen and oxygen atoms in total. The van der Waals surface area contributed by atoms with Crippen LogP contribution in [0.1, 0.15) is 35.9 Å². The Balaban J connectivity index is 1.56. The number of rotatable bonds is 8. The van der Waals surface area contributed by atoms with Gasteiger partial charge >= 0.3 is 5.97 Å². The van der Waals surface area contributed by atoms with Gasteiger partial charge in [0.05, 0.1) is 34.0 Å². The molecule has 0 bridgehead atoms. The van der Waals surface area contributed by atoms with Crippen molar-refractivity contribution in [3.05, 3.63) is 111 Å². The molecule has 0 saturated carbocycles. The van der Waals surface area contributed by atoms with Crippen molar-refractivity contribution in [1.82, 2.24) is 4.57 Å². The Kier molecular flexibility index (Phi) is 8.34. The Hall–Kier alpha value is -3.54. The standard InChI is InChI=1S/C29H24BrFN2O5S2/c1-4-37-28(35)24-16(2)32-29-33(25(24)22-10-7-11-39-22)27(34)23(40-29)14-17-12-19(30)26(21(13-17)36-3)38-15-18-8-5-6-9-20(18)31/h5-14,25H,4,15H2,1-3H3/t25-/m0/s1. The van der Waals surface area contributed by atoms with Crippen molar-refractivity contribution in [3.63, 3.8) is 0 Å². The van der Waals surface area contributed by atoms with Crippen LogP contribution in [0.5, 0.6) is 11.5 Å². The highest BCUT2D eigenvalue weighted by atomic mass is 79.9. The van der Waals surface area contributed by atoms with E-state index < -0.39 is 12.0 Å². The number of hydrogen-bond acceptors (Lipinski definition) is 8. The quantitative estimate of drug-likeness (QED) is 0.242. The first-order valence-corrected chi connectivity index (χ1v) is 14.8. The highest BCUT2D eigenvalue weighted by molar-refractivity contribution is 9.10. The third-order valence-electron chi connectivity index (χ3n) is 6.21. The van der Waals surface area contributed by atoms with E-state index >= 15 is 0 Å². The number of esters is 1. The first-order chi connectivity index (χ1) is 19.3. The summed E-state index contributed by atoms with van der Waals surface area (Å²) in [5.74, 6) is -0.0127. The molecule has 5 rings (SSSR count). The van der Waals surface area contributed by atoms with Crippen molar-refractivity contribution in [2.24, 2.45) is 4.99 Å². The van der Waals surface area contributed by atoms with Crippen molar-refractivity contribution < 1.29 is 23.4 Å². The number of benzene rings is 2. The summed E-state index contributed by atoms with van der Waals surface area (Å²) in [5, 5.41) is 1.91. The summed E-state index contributed by atoms with van der Waals surface area (Å²) >= 11 is 6.23. The molecule has 0 radical (unpaired) electrons. The topological polar surface area (TPSA) is 79.1 Å². The molecule has 2 aromatic heterocycles. The summed E-state index contributed by atoms with van der Waals surface area (Å²) in [5.41, 5.74) is 1.70. The van der Waals surface area contributed by atoms with E-state index in [9.17, 15) is 14.0 Å². The van der Waals surface area contributed by atoms with Gasteiger partial charge in [0.2, 0.25) is 0 Å². The Morgan fingerprint density at radius 2 is 2.02 bits per heavy atom. The van der Waals surface area contributed by atoms with Crippen LogP contribution in [0.4, 0.5) is 4.39 Å². The molecule has 40 heavy (non-hydrogen) atoms. The fourth-order valence-electron chi connectivity index (χ4n) is 4.39. The molecule has 4 aromatic rings. The second-order valence-electron chi connectivity index (χ2n) is 8.73. The molecule has 2 aromatic carbocycles. The molecule has 0 unspecified atom stereocenters. The number of fused-ring (bicyclic) bond motifs is 1. The molecule has 0 amide bonds. The van der Waals surface area contributed by atoms with Gasteiger partial charge in [0.25, 0.3) is 5.56 Å². The smallest absolute Gasteiger partial charge is 0.338 e. The molecule has 3 heterocycles. The van der Waals surface area contributed by atoms with Gasteiger partial charge in [-0.15, -0.1) is 11.3 Å². The van der Waals surface area contributed by atoms with Gasteiger partial charge in [-0.3, -0.25) is 9.36 Å². The Bertz CT molecular complexity index is 1790. The molecule has 11 heteroatoms. The minimum absolute atomic E-state index is 0.0183. The summed E-state index contributed by atoms with van der Waals surface area (Å²) in [6.45, 7) is 3.73. The van der Waals surface area contributed by atoms with Crippen LogP contribution < -0.4 is 24.4 Å². The molecular formula is C29H24BrFN2O5S2. The fraction of sp³-hybridized carbons (Fsp3) is 0.207. The van der Waals surface area contributed by atoms with Crippen LogP contribution in [0.15, 0.2) is 79.4 Å². The van der Waals surface area contributed by atoms with Crippen LogP contribution in [0.25, 0.3) is 6.08 Å². The lowest BCUT2D eigenvalue weighted by molar-refractivity contribution is -0.139. The number of ether oxygens (including phenoxy) is 3. The largest absolute Gasteiger partial charge is 0.493 e. The van der Waals surface area contributed by atoms with Crippen molar-refractivity contribution in [1.29, 1.82) is 0 Å². The van der Waals surface area contributed by atoms with Crippen molar-refractivity contribution in [3.8, 4) is 11.5 Å². The number of thiophene rings is 1. The number of allylic oxidation sites excluding steroid dienone is 1. The average molecular weight is 644 g/mol. The highest BCUT2D eigenvalue weighted by Crippen LogP contribution is 2.38. The second-order valence-corrected chi connectivity index (χ2v) is 11.6. The zero-order valence-electron chi connectivity index (χ0n) is 21.8. The number of nitrogens with zero attached hydrogens (tertiary/aromatic N) is 2. The molecular weight excluding hydrogens is 619 g/mol. The molecule has 0 spiro atoms. The van der Waals surface area contributed by atoms with E-state index in [1.54, 1.807) is 54.8 Å². The second kappa shape index (κ2) is 11.9. The normalized spacial score (nSPS) is 15.0. The van der Waals surface area contributed by atoms with Crippen LogP contribution in [0.3, 0.4) is 0 Å². The Labute approximate surface area is 245 Å². The van der Waals surface area contributed by atoms with Gasteiger partial charge in [-0.2, -0.15) is 0 Å². The summed E-state index contributed by atoms with van der Waals surface area (Å²) in [6, 6.07) is 13.1. The summed E-state index contributed by atoms with van der Waals surface area (Å²) in [6.07, 6.45) is 1.74. The zero-order chi connectivity index (χ0) is 28.4. The average Bonchev–Trinajstić information content (AvgIpc) is 3.56.